The van der Waals surface area contributed by atoms with Crippen molar-refractivity contribution in [1.82, 2.24) is 29.4 Å². The molecule has 1 aliphatic rings. The van der Waals surface area contributed by atoms with Crippen molar-refractivity contribution >= 4 is 40.6 Å². The molecule has 3 N–H and O–H groups in total. The van der Waals surface area contributed by atoms with Crippen LogP contribution in [0.15, 0.2) is 61.1 Å². The molecule has 0 bridgehead atoms. The lowest BCUT2D eigenvalue weighted by molar-refractivity contribution is 0.100. The lowest BCUT2D eigenvalue weighted by atomic mass is 9.98. The number of halogens is 1. The van der Waals surface area contributed by atoms with Gasteiger partial charge in [-0.05, 0) is 44.2 Å². The lowest BCUT2D eigenvalue weighted by Crippen LogP contribution is -2.27. The Hall–Kier alpha value is -5.33. The molecule has 12 nitrogen and oxygen atoms in total. The maximum absolute atomic E-state index is 13.4. The molecule has 48 heavy (non-hydrogen) atoms. The molecule has 1 aliphatic heterocycles. The molecular formula is C35H36ClN9O3. The van der Waals surface area contributed by atoms with Crippen LogP contribution in [0.4, 0.5) is 17.2 Å². The number of hydrogen-bond acceptors (Lipinski definition) is 9. The molecule has 0 spiro atoms. The van der Waals surface area contributed by atoms with Crippen molar-refractivity contribution in [3.05, 3.63) is 106 Å². The van der Waals surface area contributed by atoms with Crippen molar-refractivity contribution in [2.45, 2.75) is 33.4 Å². The quantitative estimate of drug-likeness (QED) is 0.182. The van der Waals surface area contributed by atoms with Gasteiger partial charge in [0, 0.05) is 79.6 Å². The Morgan fingerprint density at radius 1 is 0.958 bits per heavy atom. The first-order chi connectivity index (χ1) is 23.1. The SMILES string of the molecule is COc1cc(C(=O)Nc2cccc(-c3cccc(NC(=O)c4nc5c(n4C)CCN(C)C5)c3Cl)c2C)ncc1CNc1cc(C)ncn1. The number of pyridine rings is 1. The zero-order valence-electron chi connectivity index (χ0n) is 27.4. The van der Waals surface area contributed by atoms with Crippen molar-refractivity contribution < 1.29 is 14.3 Å². The number of benzene rings is 2. The molecule has 0 atom stereocenters. The first kappa shape index (κ1) is 32.6. The number of rotatable bonds is 9. The predicted octanol–water partition coefficient (Wildman–Crippen LogP) is 5.66. The summed E-state index contributed by atoms with van der Waals surface area (Å²) in [5.41, 5.74) is 7.16. The van der Waals surface area contributed by atoms with E-state index >= 15 is 0 Å². The number of anilines is 3. The van der Waals surface area contributed by atoms with Gasteiger partial charge in [-0.1, -0.05) is 35.9 Å². The van der Waals surface area contributed by atoms with Gasteiger partial charge in [-0.15, -0.1) is 0 Å². The van der Waals surface area contributed by atoms with Crippen LogP contribution in [0.25, 0.3) is 11.1 Å². The largest absolute Gasteiger partial charge is 0.496 e. The molecular weight excluding hydrogens is 630 g/mol. The zero-order chi connectivity index (χ0) is 33.9. The Bertz CT molecular complexity index is 2030. The van der Waals surface area contributed by atoms with Crippen molar-refractivity contribution in [3.8, 4) is 16.9 Å². The van der Waals surface area contributed by atoms with E-state index in [1.54, 1.807) is 25.4 Å². The minimum absolute atomic E-state index is 0.198. The number of amides is 2. The average molecular weight is 666 g/mol. The molecule has 6 rings (SSSR count). The molecule has 3 aromatic heterocycles. The molecule has 0 unspecified atom stereocenters. The van der Waals surface area contributed by atoms with Crippen molar-refractivity contribution in [2.75, 3.05) is 36.7 Å². The highest BCUT2D eigenvalue weighted by atomic mass is 35.5. The smallest absolute Gasteiger partial charge is 0.291 e. The summed E-state index contributed by atoms with van der Waals surface area (Å²) in [7, 11) is 5.46. The number of nitrogens with one attached hydrogen (secondary N) is 3. The highest BCUT2D eigenvalue weighted by molar-refractivity contribution is 6.36. The maximum atomic E-state index is 13.4. The van der Waals surface area contributed by atoms with E-state index in [9.17, 15) is 9.59 Å². The Morgan fingerprint density at radius 3 is 2.48 bits per heavy atom. The van der Waals surface area contributed by atoms with Crippen LogP contribution >= 0.6 is 11.6 Å². The minimum atomic E-state index is -0.393. The summed E-state index contributed by atoms with van der Waals surface area (Å²) in [6.45, 7) is 5.81. The van der Waals surface area contributed by atoms with E-state index < -0.39 is 5.91 Å². The molecule has 0 saturated heterocycles. The molecule has 0 fully saturated rings. The van der Waals surface area contributed by atoms with Crippen molar-refractivity contribution in [1.29, 1.82) is 0 Å². The van der Waals surface area contributed by atoms with Gasteiger partial charge in [0.25, 0.3) is 11.8 Å². The Labute approximate surface area is 283 Å². The third-order valence-corrected chi connectivity index (χ3v) is 8.84. The number of aromatic nitrogens is 5. The van der Waals surface area contributed by atoms with Crippen LogP contribution in [0.3, 0.4) is 0 Å². The molecule has 0 radical (unpaired) electrons. The fraction of sp³-hybridized carbons (Fsp3) is 0.257. The number of carbonyl (C=O) groups is 2. The summed E-state index contributed by atoms with van der Waals surface area (Å²) in [4.78, 5) is 46.2. The fourth-order valence-corrected chi connectivity index (χ4v) is 6.05. The molecule has 0 saturated carbocycles. The van der Waals surface area contributed by atoms with Gasteiger partial charge in [0.05, 0.1) is 23.5 Å². The number of nitrogens with zero attached hydrogens (tertiary/aromatic N) is 6. The first-order valence-electron chi connectivity index (χ1n) is 15.4. The summed E-state index contributed by atoms with van der Waals surface area (Å²) >= 11 is 6.91. The third-order valence-electron chi connectivity index (χ3n) is 8.43. The van der Waals surface area contributed by atoms with E-state index in [4.69, 9.17) is 16.3 Å². The topological polar surface area (TPSA) is 139 Å². The third kappa shape index (κ3) is 6.71. The number of carbonyl (C=O) groups excluding carboxylic acids is 2. The number of imidazole rings is 1. The van der Waals surface area contributed by atoms with E-state index in [-0.39, 0.29) is 11.6 Å². The Morgan fingerprint density at radius 2 is 1.71 bits per heavy atom. The number of methoxy groups -OCH3 is 1. The highest BCUT2D eigenvalue weighted by Crippen LogP contribution is 2.38. The number of hydrogen-bond donors (Lipinski definition) is 3. The zero-order valence-corrected chi connectivity index (χ0v) is 28.1. The van der Waals surface area contributed by atoms with Crippen LogP contribution in [-0.4, -0.2) is 61.9 Å². The molecule has 2 amide bonds. The van der Waals surface area contributed by atoms with E-state index in [1.165, 1.54) is 6.33 Å². The standard InChI is InChI=1S/C35H36ClN9O3/c1-20-14-31(40-19-39-20)38-17-22-16-37-27(15-30(22)48-5)34(46)42-25-10-6-8-23(21(25)2)24-9-7-11-26(32(24)36)43-35(47)33-41-28-18-44(3)13-12-29(28)45(33)4/h6-11,14-16,19H,12-13,17-18H2,1-5H3,(H,42,46)(H,43,47)(H,38,39,40). The van der Waals surface area contributed by atoms with Crippen molar-refractivity contribution in [3.63, 3.8) is 0 Å². The molecule has 2 aromatic carbocycles. The maximum Gasteiger partial charge on any atom is 0.291 e. The van der Waals surface area contributed by atoms with E-state index in [1.807, 2.05) is 68.9 Å². The molecule has 13 heteroatoms. The second-order valence-electron chi connectivity index (χ2n) is 11.7. The van der Waals surface area contributed by atoms with E-state index in [0.717, 1.165) is 46.7 Å². The molecule has 5 aromatic rings. The van der Waals surface area contributed by atoms with Crippen LogP contribution in [0.5, 0.6) is 5.75 Å². The number of aryl methyl sites for hydroxylation is 1. The van der Waals surface area contributed by atoms with Gasteiger partial charge in [0.2, 0.25) is 0 Å². The number of fused-ring (bicyclic) bond motifs is 1. The van der Waals surface area contributed by atoms with Gasteiger partial charge in [-0.2, -0.15) is 0 Å². The summed E-state index contributed by atoms with van der Waals surface area (Å²) in [5.74, 6) is 0.806. The van der Waals surface area contributed by atoms with Crippen molar-refractivity contribution in [2.24, 2.45) is 7.05 Å². The second kappa shape index (κ2) is 13.8. The van der Waals surface area contributed by atoms with Crippen LogP contribution in [-0.2, 0) is 26.6 Å². The minimum Gasteiger partial charge on any atom is -0.496 e. The van der Waals surface area contributed by atoms with Crippen LogP contribution < -0.4 is 20.7 Å². The lowest BCUT2D eigenvalue weighted by Gasteiger charge is -2.21. The van der Waals surface area contributed by atoms with Crippen LogP contribution in [0.2, 0.25) is 5.02 Å². The number of likely N-dealkylation sites (N-methyl/N-ethyl adjacent to an activating group) is 1. The highest BCUT2D eigenvalue weighted by Gasteiger charge is 2.25. The Balaban J connectivity index is 1.19. The van der Waals surface area contributed by atoms with Gasteiger partial charge in [0.1, 0.15) is 23.6 Å². The van der Waals surface area contributed by atoms with Gasteiger partial charge in [-0.25, -0.2) is 15.0 Å². The summed E-state index contributed by atoms with van der Waals surface area (Å²) in [6, 6.07) is 14.5. The molecule has 246 valence electrons. The molecule has 4 heterocycles. The molecule has 0 aliphatic carbocycles. The average Bonchev–Trinajstić information content (AvgIpc) is 3.40. The summed E-state index contributed by atoms with van der Waals surface area (Å²) < 4.78 is 7.43. The second-order valence-corrected chi connectivity index (χ2v) is 12.1. The van der Waals surface area contributed by atoms with Gasteiger partial charge >= 0.3 is 0 Å². The monoisotopic (exact) mass is 665 g/mol. The first-order valence-corrected chi connectivity index (χ1v) is 15.8. The van der Waals surface area contributed by atoms with Gasteiger partial charge in [-0.3, -0.25) is 14.6 Å². The summed E-state index contributed by atoms with van der Waals surface area (Å²) in [5, 5.41) is 9.53. The fourth-order valence-electron chi connectivity index (χ4n) is 5.78. The van der Waals surface area contributed by atoms with Crippen LogP contribution in [0.1, 0.15) is 49.3 Å². The van der Waals surface area contributed by atoms with Gasteiger partial charge in [0.15, 0.2) is 5.82 Å². The van der Waals surface area contributed by atoms with E-state index in [2.05, 4.69) is 40.8 Å². The summed E-state index contributed by atoms with van der Waals surface area (Å²) in [6.07, 6.45) is 3.94. The van der Waals surface area contributed by atoms with Gasteiger partial charge < -0.3 is 30.2 Å². The number of ether oxygens (including phenoxy) is 1. The Kier molecular flexibility index (Phi) is 9.37. The van der Waals surface area contributed by atoms with Crippen LogP contribution in [0, 0.1) is 13.8 Å². The normalized spacial score (nSPS) is 12.7. The predicted molar refractivity (Wildman–Crippen MR) is 186 cm³/mol. The van der Waals surface area contributed by atoms with E-state index in [0.29, 0.717) is 52.4 Å².